The number of esters is 3. The molecule has 1 saturated heterocycles. The second-order valence-corrected chi connectivity index (χ2v) is 10.1. The number of nitrogens with zero attached hydrogens (tertiary/aromatic N) is 4. The van der Waals surface area contributed by atoms with Crippen molar-refractivity contribution >= 4 is 34.8 Å². The van der Waals surface area contributed by atoms with E-state index in [4.69, 9.17) is 24.7 Å². The zero-order chi connectivity index (χ0) is 27.7. The van der Waals surface area contributed by atoms with E-state index in [0.717, 1.165) is 0 Å². The quantitative estimate of drug-likeness (QED) is 0.405. The Kier molecular flexibility index (Phi) is 8.07. The molecule has 12 heteroatoms. The van der Waals surface area contributed by atoms with Gasteiger partial charge in [-0.05, 0) is 6.92 Å². The average Bonchev–Trinajstić information content (AvgIpc) is 3.33. The zero-order valence-corrected chi connectivity index (χ0v) is 22.0. The Morgan fingerprint density at radius 2 is 1.73 bits per heavy atom. The van der Waals surface area contributed by atoms with Crippen molar-refractivity contribution in [2.24, 2.45) is 17.8 Å². The topological polar surface area (TPSA) is 169 Å². The Hall–Kier alpha value is -3.72. The highest BCUT2D eigenvalue weighted by Crippen LogP contribution is 2.45. The fourth-order valence-corrected chi connectivity index (χ4v) is 3.95. The summed E-state index contributed by atoms with van der Waals surface area (Å²) >= 11 is 0. The van der Waals surface area contributed by atoms with Crippen LogP contribution in [0.4, 0.5) is 5.82 Å². The number of nitrogens with two attached hydrogens (primary N) is 1. The van der Waals surface area contributed by atoms with Crippen LogP contribution in [0.3, 0.4) is 0 Å². The highest BCUT2D eigenvalue weighted by Gasteiger charge is 2.60. The normalized spacial score (nSPS) is 23.4. The summed E-state index contributed by atoms with van der Waals surface area (Å²) in [6, 6.07) is 2.06. The van der Waals surface area contributed by atoms with Gasteiger partial charge in [-0.3, -0.25) is 14.4 Å². The predicted molar refractivity (Wildman–Crippen MR) is 130 cm³/mol. The third-order valence-corrected chi connectivity index (χ3v) is 6.08. The lowest BCUT2D eigenvalue weighted by Crippen LogP contribution is -2.51. The van der Waals surface area contributed by atoms with Gasteiger partial charge in [0.2, 0.25) is 0 Å². The van der Waals surface area contributed by atoms with Crippen LogP contribution in [-0.2, 0) is 33.3 Å². The van der Waals surface area contributed by atoms with Gasteiger partial charge in [-0.15, -0.1) is 0 Å². The molecule has 1 fully saturated rings. The van der Waals surface area contributed by atoms with Crippen LogP contribution in [0.2, 0.25) is 0 Å². The molecule has 12 nitrogen and oxygen atoms in total. The lowest BCUT2D eigenvalue weighted by Gasteiger charge is -2.35. The highest BCUT2D eigenvalue weighted by atomic mass is 16.7. The number of ether oxygens (including phenoxy) is 4. The van der Waals surface area contributed by atoms with Crippen LogP contribution < -0.4 is 5.73 Å². The van der Waals surface area contributed by atoms with E-state index in [1.165, 1.54) is 17.1 Å². The maximum Gasteiger partial charge on any atom is 0.309 e. The Morgan fingerprint density at radius 1 is 1.11 bits per heavy atom. The molecular weight excluding hydrogens is 482 g/mol. The van der Waals surface area contributed by atoms with Crippen molar-refractivity contribution in [2.45, 2.75) is 72.5 Å². The minimum Gasteiger partial charge on any atom is -0.463 e. The van der Waals surface area contributed by atoms with E-state index in [1.807, 2.05) is 0 Å². The number of nitriles is 1. The van der Waals surface area contributed by atoms with E-state index in [0.29, 0.717) is 5.39 Å². The maximum atomic E-state index is 12.9. The maximum absolute atomic E-state index is 12.9. The predicted octanol–water partition coefficient (Wildman–Crippen LogP) is 2.51. The summed E-state index contributed by atoms with van der Waals surface area (Å²) < 4.78 is 25.0. The van der Waals surface area contributed by atoms with Crippen molar-refractivity contribution in [3.8, 4) is 6.07 Å². The number of anilines is 1. The highest BCUT2D eigenvalue weighted by molar-refractivity contribution is 5.92. The van der Waals surface area contributed by atoms with Gasteiger partial charge >= 0.3 is 17.9 Å². The zero-order valence-electron chi connectivity index (χ0n) is 22.0. The second-order valence-electron chi connectivity index (χ2n) is 10.1. The minimum atomic E-state index is -1.60. The summed E-state index contributed by atoms with van der Waals surface area (Å²) in [4.78, 5) is 46.1. The fourth-order valence-electron chi connectivity index (χ4n) is 3.95. The minimum absolute atomic E-state index is 0.0874. The van der Waals surface area contributed by atoms with Crippen molar-refractivity contribution in [3.05, 3.63) is 18.1 Å². The van der Waals surface area contributed by atoms with Gasteiger partial charge < -0.3 is 29.2 Å². The smallest absolute Gasteiger partial charge is 0.309 e. The van der Waals surface area contributed by atoms with E-state index in [2.05, 4.69) is 16.0 Å². The summed E-state index contributed by atoms with van der Waals surface area (Å²) in [6.45, 7) is 11.3. The van der Waals surface area contributed by atoms with E-state index < -0.39 is 59.7 Å². The molecule has 0 spiro atoms. The van der Waals surface area contributed by atoms with Crippen LogP contribution in [0.15, 0.2) is 12.5 Å². The molecule has 0 aliphatic carbocycles. The first-order valence-electron chi connectivity index (χ1n) is 12.1. The Balaban J connectivity index is 2.17. The van der Waals surface area contributed by atoms with Crippen LogP contribution in [0, 0.1) is 29.1 Å². The van der Waals surface area contributed by atoms with Gasteiger partial charge in [-0.2, -0.15) is 5.26 Å². The number of carbonyl (C=O) groups is 3. The molecule has 4 atom stereocenters. The van der Waals surface area contributed by atoms with Crippen molar-refractivity contribution in [3.63, 3.8) is 0 Å². The number of nitrogen functional groups attached to an aromatic ring is 1. The van der Waals surface area contributed by atoms with Crippen molar-refractivity contribution < 1.29 is 33.3 Å². The van der Waals surface area contributed by atoms with Gasteiger partial charge in [-0.25, -0.2) is 9.97 Å². The SMILES string of the molecule is CC(C)C(=O)OC[C@H]1O[C@@H](n2cc(C#N)c3c(N)ncnc32)[C@](C)(OC(=O)C(C)C)[C@@H]1OC(=O)C(C)C. The molecular formula is C25H33N5O7. The molecule has 2 aromatic rings. The number of carbonyl (C=O) groups excluding carboxylic acids is 3. The van der Waals surface area contributed by atoms with Crippen LogP contribution in [0.1, 0.15) is 60.3 Å². The van der Waals surface area contributed by atoms with Gasteiger partial charge in [0.25, 0.3) is 0 Å². The molecule has 3 heterocycles. The molecule has 200 valence electrons. The van der Waals surface area contributed by atoms with Crippen LogP contribution in [-0.4, -0.2) is 56.9 Å². The molecule has 0 saturated carbocycles. The molecule has 2 N–H and O–H groups in total. The molecule has 0 amide bonds. The van der Waals surface area contributed by atoms with E-state index in [-0.39, 0.29) is 23.6 Å². The first-order chi connectivity index (χ1) is 17.3. The number of hydrogen-bond donors (Lipinski definition) is 1. The molecule has 0 radical (unpaired) electrons. The van der Waals surface area contributed by atoms with Crippen molar-refractivity contribution in [2.75, 3.05) is 12.3 Å². The first-order valence-corrected chi connectivity index (χ1v) is 12.1. The van der Waals surface area contributed by atoms with Crippen LogP contribution in [0.25, 0.3) is 11.0 Å². The lowest BCUT2D eigenvalue weighted by atomic mass is 9.95. The lowest BCUT2D eigenvalue weighted by molar-refractivity contribution is -0.191. The van der Waals surface area contributed by atoms with E-state index in [1.54, 1.807) is 48.5 Å². The molecule has 1 aliphatic rings. The van der Waals surface area contributed by atoms with Gasteiger partial charge in [0.15, 0.2) is 17.9 Å². The largest absolute Gasteiger partial charge is 0.463 e. The third kappa shape index (κ3) is 5.36. The molecule has 2 aromatic heterocycles. The number of aromatic nitrogens is 3. The molecule has 37 heavy (non-hydrogen) atoms. The van der Waals surface area contributed by atoms with Gasteiger partial charge in [-0.1, -0.05) is 41.5 Å². The first kappa shape index (κ1) is 27.9. The van der Waals surface area contributed by atoms with E-state index >= 15 is 0 Å². The fraction of sp³-hybridized carbons (Fsp3) is 0.600. The molecule has 1 aliphatic heterocycles. The summed E-state index contributed by atoms with van der Waals surface area (Å²) in [7, 11) is 0. The average molecular weight is 516 g/mol. The summed E-state index contributed by atoms with van der Waals surface area (Å²) in [5, 5.41) is 10.0. The third-order valence-electron chi connectivity index (χ3n) is 6.08. The summed E-state index contributed by atoms with van der Waals surface area (Å²) in [5.41, 5.74) is 4.87. The monoisotopic (exact) mass is 515 g/mol. The van der Waals surface area contributed by atoms with Crippen LogP contribution >= 0.6 is 0 Å². The Labute approximate surface area is 215 Å². The molecule has 3 rings (SSSR count). The van der Waals surface area contributed by atoms with Gasteiger partial charge in [0.1, 0.15) is 36.6 Å². The van der Waals surface area contributed by atoms with Crippen LogP contribution in [0.5, 0.6) is 0 Å². The van der Waals surface area contributed by atoms with Crippen molar-refractivity contribution in [1.82, 2.24) is 14.5 Å². The van der Waals surface area contributed by atoms with Crippen molar-refractivity contribution in [1.29, 1.82) is 5.26 Å². The standard InChI is InChI=1S/C25H33N5O7/c1-12(2)21(31)34-10-16-18(36-22(32)13(3)4)25(7,37-23(33)14(5)6)24(35-16)30-9-15(8-26)17-19(27)28-11-29-20(17)30/h9,11-14,16,18,24H,10H2,1-7H3,(H2,27,28,29)/t16-,18-,24-,25-/m1/s1. The number of hydrogen-bond acceptors (Lipinski definition) is 11. The second kappa shape index (κ2) is 10.7. The summed E-state index contributed by atoms with van der Waals surface area (Å²) in [6.07, 6.45) is -0.576. The molecule has 0 bridgehead atoms. The molecule has 0 unspecified atom stereocenters. The summed E-state index contributed by atoms with van der Waals surface area (Å²) in [5.74, 6) is -2.90. The van der Waals surface area contributed by atoms with Gasteiger partial charge in [0, 0.05) is 6.20 Å². The van der Waals surface area contributed by atoms with E-state index in [9.17, 15) is 19.6 Å². The number of rotatable bonds is 8. The Bertz CT molecular complexity index is 1230. The molecule has 0 aromatic carbocycles. The number of fused-ring (bicyclic) bond motifs is 1. The van der Waals surface area contributed by atoms with Gasteiger partial charge in [0.05, 0.1) is 28.7 Å². The Morgan fingerprint density at radius 3 is 2.30 bits per heavy atom.